The van der Waals surface area contributed by atoms with Crippen LogP contribution in [0.25, 0.3) is 11.0 Å². The number of aromatic nitrogens is 5. The van der Waals surface area contributed by atoms with Crippen molar-refractivity contribution in [2.75, 3.05) is 69.7 Å². The molecule has 13 heteroatoms. The zero-order valence-electron chi connectivity index (χ0n) is 27.5. The Labute approximate surface area is 275 Å². The summed E-state index contributed by atoms with van der Waals surface area (Å²) >= 11 is 0. The van der Waals surface area contributed by atoms with E-state index in [1.54, 1.807) is 24.4 Å². The number of hydrogen-bond acceptors (Lipinski definition) is 11. The lowest BCUT2D eigenvalue weighted by atomic mass is 10.1. The van der Waals surface area contributed by atoms with Crippen LogP contribution in [0.4, 0.5) is 22.4 Å². The fraction of sp³-hybridized carbons (Fsp3) is 0.500. The number of fused-ring (bicyclic) bond motifs is 1. The monoisotopic (exact) mass is 643 g/mol. The van der Waals surface area contributed by atoms with Gasteiger partial charge >= 0.3 is 6.09 Å². The molecule has 0 unspecified atom stereocenters. The van der Waals surface area contributed by atoms with Crippen molar-refractivity contribution in [3.8, 4) is 0 Å². The first kappa shape index (κ1) is 32.6. The van der Waals surface area contributed by atoms with Crippen LogP contribution in [0, 0.1) is 0 Å². The molecule has 5 heterocycles. The van der Waals surface area contributed by atoms with Crippen molar-refractivity contribution in [2.45, 2.75) is 52.0 Å². The summed E-state index contributed by atoms with van der Waals surface area (Å²) < 4.78 is 19.3. The van der Waals surface area contributed by atoms with Crippen molar-refractivity contribution in [1.82, 2.24) is 34.3 Å². The van der Waals surface area contributed by atoms with Gasteiger partial charge < -0.3 is 33.9 Å². The molecule has 47 heavy (non-hydrogen) atoms. The molecule has 3 aromatic heterocycles. The van der Waals surface area contributed by atoms with Crippen LogP contribution in [0.15, 0.2) is 54.9 Å². The van der Waals surface area contributed by atoms with Crippen LogP contribution in [-0.2, 0) is 27.4 Å². The average molecular weight is 644 g/mol. The number of ether oxygens (including phenoxy) is 3. The van der Waals surface area contributed by atoms with Gasteiger partial charge in [0.05, 0.1) is 24.4 Å². The summed E-state index contributed by atoms with van der Waals surface area (Å²) in [5, 5.41) is 3.36. The van der Waals surface area contributed by atoms with Gasteiger partial charge in [-0.2, -0.15) is 4.98 Å². The zero-order valence-corrected chi connectivity index (χ0v) is 27.5. The first-order valence-corrected chi connectivity index (χ1v) is 16.5. The van der Waals surface area contributed by atoms with E-state index in [1.165, 1.54) is 0 Å². The van der Waals surface area contributed by atoms with Crippen LogP contribution in [-0.4, -0.2) is 106 Å². The molecule has 1 N–H and O–H groups in total. The maximum atomic E-state index is 12.5. The molecule has 0 radical (unpaired) electrons. The fourth-order valence-electron chi connectivity index (χ4n) is 6.11. The Morgan fingerprint density at radius 1 is 0.957 bits per heavy atom. The molecule has 2 aliphatic rings. The number of imidazole rings is 1. The minimum Gasteiger partial charge on any atom is -0.445 e. The van der Waals surface area contributed by atoms with Crippen molar-refractivity contribution < 1.29 is 19.0 Å². The average Bonchev–Trinajstić information content (AvgIpc) is 3.48. The zero-order chi connectivity index (χ0) is 32.6. The standard InChI is InChI=1S/C34H45N9O4/c1-25(2)43-29-21-31(38-30-9-12-35-33(39-30)41-13-10-27(45-3)11-14-41)36-22-28(29)37-32(43)24-46-20-19-40-15-17-42(18-16-40)34(44)47-23-26-7-5-4-6-8-26/h4-9,12,21-22,25,27H,10-11,13-20,23-24H2,1-3H3,(H,35,36,38,39). The minimum absolute atomic E-state index is 0.184. The smallest absolute Gasteiger partial charge is 0.410 e. The Morgan fingerprint density at radius 3 is 2.49 bits per heavy atom. The maximum absolute atomic E-state index is 12.5. The summed E-state index contributed by atoms with van der Waals surface area (Å²) in [5.74, 6) is 2.96. The molecule has 6 rings (SSSR count). The Bertz CT molecular complexity index is 1600. The number of piperidine rings is 1. The van der Waals surface area contributed by atoms with Crippen LogP contribution in [0.1, 0.15) is 44.1 Å². The third kappa shape index (κ3) is 8.34. The number of piperazine rings is 1. The van der Waals surface area contributed by atoms with Gasteiger partial charge in [0, 0.05) is 71.2 Å². The SMILES string of the molecule is COC1CCN(c2nccc(Nc3cc4c(cn3)nc(COCCN3CCN(C(=O)OCc5ccccc5)CC3)n4C(C)C)n2)CC1. The van der Waals surface area contributed by atoms with E-state index in [2.05, 4.69) is 43.5 Å². The van der Waals surface area contributed by atoms with Crippen LogP contribution in [0.5, 0.6) is 0 Å². The number of carbonyl (C=O) groups is 1. The molecule has 2 fully saturated rings. The molecule has 0 saturated carbocycles. The Hall–Kier alpha value is -4.33. The molecule has 4 aromatic rings. The van der Waals surface area contributed by atoms with E-state index in [9.17, 15) is 4.79 Å². The number of amides is 1. The number of methoxy groups -OCH3 is 1. The van der Waals surface area contributed by atoms with Gasteiger partial charge in [-0.05, 0) is 38.3 Å². The van der Waals surface area contributed by atoms with Crippen LogP contribution < -0.4 is 10.2 Å². The summed E-state index contributed by atoms with van der Waals surface area (Å²) in [7, 11) is 1.77. The normalized spacial score (nSPS) is 16.3. The number of pyridine rings is 1. The molecule has 250 valence electrons. The number of carbonyl (C=O) groups excluding carboxylic acids is 1. The second-order valence-electron chi connectivity index (χ2n) is 12.3. The maximum Gasteiger partial charge on any atom is 0.410 e. The molecule has 0 atom stereocenters. The van der Waals surface area contributed by atoms with E-state index >= 15 is 0 Å². The second-order valence-corrected chi connectivity index (χ2v) is 12.3. The lowest BCUT2D eigenvalue weighted by Crippen LogP contribution is -2.49. The van der Waals surface area contributed by atoms with E-state index in [1.807, 2.05) is 42.5 Å². The van der Waals surface area contributed by atoms with Gasteiger partial charge in [-0.25, -0.2) is 19.7 Å². The highest BCUT2D eigenvalue weighted by Crippen LogP contribution is 2.25. The predicted octanol–water partition coefficient (Wildman–Crippen LogP) is 4.63. The van der Waals surface area contributed by atoms with Crippen LogP contribution in [0.2, 0.25) is 0 Å². The molecule has 13 nitrogen and oxygen atoms in total. The van der Waals surface area contributed by atoms with E-state index in [0.29, 0.717) is 56.6 Å². The van der Waals surface area contributed by atoms with Gasteiger partial charge in [-0.15, -0.1) is 0 Å². The first-order chi connectivity index (χ1) is 23.0. The summed E-state index contributed by atoms with van der Waals surface area (Å²) in [6, 6.07) is 13.8. The predicted molar refractivity (Wildman–Crippen MR) is 180 cm³/mol. The highest BCUT2D eigenvalue weighted by molar-refractivity contribution is 5.79. The van der Waals surface area contributed by atoms with Crippen molar-refractivity contribution in [2.24, 2.45) is 0 Å². The van der Waals surface area contributed by atoms with Crippen molar-refractivity contribution in [1.29, 1.82) is 0 Å². The van der Waals surface area contributed by atoms with Gasteiger partial charge in [0.2, 0.25) is 5.95 Å². The molecular formula is C34H45N9O4. The van der Waals surface area contributed by atoms with Crippen LogP contribution in [0.3, 0.4) is 0 Å². The number of nitrogens with one attached hydrogen (secondary N) is 1. The third-order valence-electron chi connectivity index (χ3n) is 8.74. The molecule has 2 saturated heterocycles. The number of benzene rings is 1. The van der Waals surface area contributed by atoms with E-state index in [0.717, 1.165) is 68.0 Å². The molecule has 2 aliphatic heterocycles. The number of nitrogens with zero attached hydrogens (tertiary/aromatic N) is 8. The van der Waals surface area contributed by atoms with Crippen molar-refractivity contribution >= 4 is 34.7 Å². The third-order valence-corrected chi connectivity index (χ3v) is 8.74. The topological polar surface area (TPSA) is 123 Å². The van der Waals surface area contributed by atoms with E-state index in [-0.39, 0.29) is 12.1 Å². The Kier molecular flexibility index (Phi) is 10.8. The fourth-order valence-corrected chi connectivity index (χ4v) is 6.11. The van der Waals surface area contributed by atoms with Gasteiger partial charge in [0.15, 0.2) is 0 Å². The quantitative estimate of drug-likeness (QED) is 0.217. The number of rotatable bonds is 12. The molecule has 0 spiro atoms. The van der Waals surface area contributed by atoms with Crippen molar-refractivity contribution in [3.05, 3.63) is 66.2 Å². The molecule has 0 bridgehead atoms. The van der Waals surface area contributed by atoms with E-state index in [4.69, 9.17) is 24.2 Å². The Morgan fingerprint density at radius 2 is 1.74 bits per heavy atom. The Balaban J connectivity index is 0.992. The molecule has 1 aromatic carbocycles. The molecular weight excluding hydrogens is 598 g/mol. The van der Waals surface area contributed by atoms with Crippen molar-refractivity contribution in [3.63, 3.8) is 0 Å². The lowest BCUT2D eigenvalue weighted by Gasteiger charge is -2.33. The summed E-state index contributed by atoms with van der Waals surface area (Å²) in [6.07, 6.45) is 5.54. The highest BCUT2D eigenvalue weighted by Gasteiger charge is 2.23. The summed E-state index contributed by atoms with van der Waals surface area (Å²) in [4.78, 5) is 37.5. The second kappa shape index (κ2) is 15.5. The summed E-state index contributed by atoms with van der Waals surface area (Å²) in [5.41, 5.74) is 2.80. The summed E-state index contributed by atoms with van der Waals surface area (Å²) in [6.45, 7) is 10.9. The van der Waals surface area contributed by atoms with Gasteiger partial charge in [0.25, 0.3) is 0 Å². The first-order valence-electron chi connectivity index (χ1n) is 16.5. The van der Waals surface area contributed by atoms with Gasteiger partial charge in [0.1, 0.15) is 36.2 Å². The number of anilines is 3. The van der Waals surface area contributed by atoms with Gasteiger partial charge in [-0.1, -0.05) is 30.3 Å². The van der Waals surface area contributed by atoms with Crippen LogP contribution >= 0.6 is 0 Å². The largest absolute Gasteiger partial charge is 0.445 e. The van der Waals surface area contributed by atoms with E-state index < -0.39 is 0 Å². The lowest BCUT2D eigenvalue weighted by molar-refractivity contribution is 0.0514. The van der Waals surface area contributed by atoms with Gasteiger partial charge in [-0.3, -0.25) is 4.90 Å². The minimum atomic E-state index is -0.259. The molecule has 0 aliphatic carbocycles. The highest BCUT2D eigenvalue weighted by atomic mass is 16.6. The number of hydrogen-bond donors (Lipinski definition) is 1. The molecule has 1 amide bonds.